The van der Waals surface area contributed by atoms with Crippen molar-refractivity contribution in [3.8, 4) is 0 Å². The van der Waals surface area contributed by atoms with Crippen LogP contribution in [0.25, 0.3) is 0 Å². The smallest absolute Gasteiger partial charge is 0.160 e. The number of ether oxygens (including phenoxy) is 1. The van der Waals surface area contributed by atoms with Crippen molar-refractivity contribution in [1.29, 1.82) is 0 Å². The van der Waals surface area contributed by atoms with Crippen LogP contribution in [0.15, 0.2) is 12.5 Å². The zero-order valence-corrected chi connectivity index (χ0v) is 6.12. The van der Waals surface area contributed by atoms with Crippen molar-refractivity contribution in [2.45, 2.75) is 12.8 Å². The average molecular weight is 142 g/mol. The normalized spacial score (nSPS) is 15.9. The summed E-state index contributed by atoms with van der Waals surface area (Å²) in [5.74, 6) is 0. The van der Waals surface area contributed by atoms with Crippen molar-refractivity contribution in [2.24, 2.45) is 5.73 Å². The molecule has 0 aromatic rings. The van der Waals surface area contributed by atoms with E-state index < -0.39 is 0 Å². The molecule has 0 atom stereocenters. The van der Waals surface area contributed by atoms with Gasteiger partial charge in [-0.25, -0.2) is 0 Å². The Morgan fingerprint density at radius 2 is 2.40 bits per heavy atom. The lowest BCUT2D eigenvalue weighted by molar-refractivity contribution is 0.170. The lowest BCUT2D eigenvalue weighted by atomic mass is 10.3. The van der Waals surface area contributed by atoms with Gasteiger partial charge in [0.1, 0.15) is 6.26 Å². The van der Waals surface area contributed by atoms with Crippen molar-refractivity contribution < 1.29 is 4.74 Å². The van der Waals surface area contributed by atoms with E-state index in [1.807, 2.05) is 6.20 Å². The van der Waals surface area contributed by atoms with Crippen LogP contribution in [0.4, 0.5) is 0 Å². The Balaban J connectivity index is 1.97. The molecule has 0 bridgehead atoms. The van der Waals surface area contributed by atoms with Crippen molar-refractivity contribution in [2.75, 3.05) is 19.8 Å². The van der Waals surface area contributed by atoms with Gasteiger partial charge in [-0.3, -0.25) is 0 Å². The molecule has 0 aliphatic carbocycles. The van der Waals surface area contributed by atoms with Crippen molar-refractivity contribution in [3.63, 3.8) is 0 Å². The molecule has 3 heteroatoms. The monoisotopic (exact) mass is 142 g/mol. The van der Waals surface area contributed by atoms with Gasteiger partial charge in [0.05, 0.1) is 0 Å². The molecule has 1 aliphatic heterocycles. The van der Waals surface area contributed by atoms with E-state index in [9.17, 15) is 0 Å². The van der Waals surface area contributed by atoms with E-state index in [-0.39, 0.29) is 0 Å². The van der Waals surface area contributed by atoms with Crippen molar-refractivity contribution in [1.82, 2.24) is 4.90 Å². The maximum absolute atomic E-state index is 5.35. The molecule has 0 saturated carbocycles. The predicted octanol–water partition coefficient (Wildman–Crippen LogP) is 0.486. The van der Waals surface area contributed by atoms with Gasteiger partial charge in [-0.1, -0.05) is 0 Å². The fourth-order valence-corrected chi connectivity index (χ4v) is 0.909. The highest BCUT2D eigenvalue weighted by molar-refractivity contribution is 4.79. The fraction of sp³-hybridized carbons (Fsp3) is 0.714. The van der Waals surface area contributed by atoms with Gasteiger partial charge in [0.15, 0.2) is 6.73 Å². The SMILES string of the molecule is NCCCCN1C=COC1. The molecule has 1 heterocycles. The molecule has 3 nitrogen and oxygen atoms in total. The Labute approximate surface area is 61.4 Å². The first-order valence-corrected chi connectivity index (χ1v) is 3.66. The maximum atomic E-state index is 5.35. The van der Waals surface area contributed by atoms with Crippen LogP contribution >= 0.6 is 0 Å². The van der Waals surface area contributed by atoms with Crippen molar-refractivity contribution >= 4 is 0 Å². The van der Waals surface area contributed by atoms with Crippen LogP contribution in [-0.2, 0) is 4.74 Å². The first-order valence-electron chi connectivity index (χ1n) is 3.66. The minimum Gasteiger partial charge on any atom is -0.479 e. The summed E-state index contributed by atoms with van der Waals surface area (Å²) in [7, 11) is 0. The second-order valence-corrected chi connectivity index (χ2v) is 2.39. The number of nitrogens with zero attached hydrogens (tertiary/aromatic N) is 1. The summed E-state index contributed by atoms with van der Waals surface area (Å²) in [6.07, 6.45) is 5.95. The number of hydrogen-bond donors (Lipinski definition) is 1. The van der Waals surface area contributed by atoms with E-state index in [4.69, 9.17) is 10.5 Å². The van der Waals surface area contributed by atoms with Crippen LogP contribution in [-0.4, -0.2) is 24.7 Å². The van der Waals surface area contributed by atoms with E-state index >= 15 is 0 Å². The molecule has 1 aliphatic rings. The van der Waals surface area contributed by atoms with Gasteiger partial charge in [-0.15, -0.1) is 0 Å². The second-order valence-electron chi connectivity index (χ2n) is 2.39. The standard InChI is InChI=1S/C7H14N2O/c8-3-1-2-4-9-5-6-10-7-9/h5-6H,1-4,7-8H2. The lowest BCUT2D eigenvalue weighted by Crippen LogP contribution is -2.17. The third-order valence-electron chi connectivity index (χ3n) is 1.51. The molecule has 10 heavy (non-hydrogen) atoms. The summed E-state index contributed by atoms with van der Waals surface area (Å²) < 4.78 is 5.00. The summed E-state index contributed by atoms with van der Waals surface area (Å²) in [4.78, 5) is 2.13. The van der Waals surface area contributed by atoms with Gasteiger partial charge in [0, 0.05) is 12.7 Å². The molecule has 0 radical (unpaired) electrons. The van der Waals surface area contributed by atoms with E-state index in [0.717, 1.165) is 25.9 Å². The molecule has 0 saturated heterocycles. The van der Waals surface area contributed by atoms with E-state index in [2.05, 4.69) is 4.90 Å². The van der Waals surface area contributed by atoms with Gasteiger partial charge in [0.2, 0.25) is 0 Å². The van der Waals surface area contributed by atoms with Crippen LogP contribution in [0, 0.1) is 0 Å². The molecule has 0 aromatic carbocycles. The minimum absolute atomic E-state index is 0.713. The van der Waals surface area contributed by atoms with Gasteiger partial charge in [0.25, 0.3) is 0 Å². The predicted molar refractivity (Wildman–Crippen MR) is 40.1 cm³/mol. The summed E-state index contributed by atoms with van der Waals surface area (Å²) in [6.45, 7) is 2.57. The Kier molecular flexibility index (Phi) is 3.09. The van der Waals surface area contributed by atoms with E-state index in [1.165, 1.54) is 0 Å². The third-order valence-corrected chi connectivity index (χ3v) is 1.51. The second kappa shape index (κ2) is 4.17. The molecule has 58 valence electrons. The van der Waals surface area contributed by atoms with E-state index in [0.29, 0.717) is 6.73 Å². The van der Waals surface area contributed by atoms with Crippen LogP contribution in [0.3, 0.4) is 0 Å². The first kappa shape index (κ1) is 7.41. The number of hydrogen-bond acceptors (Lipinski definition) is 3. The summed E-state index contributed by atoms with van der Waals surface area (Å²) >= 11 is 0. The largest absolute Gasteiger partial charge is 0.479 e. The number of nitrogens with two attached hydrogens (primary N) is 1. The van der Waals surface area contributed by atoms with Crippen LogP contribution < -0.4 is 5.73 Å². The molecule has 1 rings (SSSR count). The highest BCUT2D eigenvalue weighted by Crippen LogP contribution is 2.01. The number of rotatable bonds is 4. The van der Waals surface area contributed by atoms with Gasteiger partial charge in [-0.2, -0.15) is 0 Å². The molecule has 2 N–H and O–H groups in total. The molecule has 0 unspecified atom stereocenters. The Hall–Kier alpha value is -0.700. The van der Waals surface area contributed by atoms with Gasteiger partial charge in [-0.05, 0) is 19.4 Å². The molecular formula is C7H14N2O. The average Bonchev–Trinajstić information content (AvgIpc) is 2.41. The zero-order valence-electron chi connectivity index (χ0n) is 6.12. The lowest BCUT2D eigenvalue weighted by Gasteiger charge is -2.12. The summed E-state index contributed by atoms with van der Waals surface area (Å²) in [5, 5.41) is 0. The Morgan fingerprint density at radius 1 is 1.50 bits per heavy atom. The first-order chi connectivity index (χ1) is 4.93. The minimum atomic E-state index is 0.713. The van der Waals surface area contributed by atoms with Crippen LogP contribution in [0.5, 0.6) is 0 Å². The molecule has 0 fully saturated rings. The molecular weight excluding hydrogens is 128 g/mol. The summed E-state index contributed by atoms with van der Waals surface area (Å²) in [5.41, 5.74) is 5.35. The van der Waals surface area contributed by atoms with Gasteiger partial charge < -0.3 is 15.4 Å². The Morgan fingerprint density at radius 3 is 3.00 bits per heavy atom. The van der Waals surface area contributed by atoms with Crippen molar-refractivity contribution in [3.05, 3.63) is 12.5 Å². The quantitative estimate of drug-likeness (QED) is 0.580. The van der Waals surface area contributed by atoms with Gasteiger partial charge >= 0.3 is 0 Å². The molecule has 0 amide bonds. The Bertz CT molecular complexity index is 114. The highest BCUT2D eigenvalue weighted by Gasteiger charge is 2.02. The summed E-state index contributed by atoms with van der Waals surface area (Å²) in [6, 6.07) is 0. The van der Waals surface area contributed by atoms with E-state index in [1.54, 1.807) is 6.26 Å². The van der Waals surface area contributed by atoms with Crippen LogP contribution in [0.1, 0.15) is 12.8 Å². The van der Waals surface area contributed by atoms with Crippen LogP contribution in [0.2, 0.25) is 0 Å². The molecule has 0 aromatic heterocycles. The molecule has 0 spiro atoms. The topological polar surface area (TPSA) is 38.5 Å². The maximum Gasteiger partial charge on any atom is 0.160 e. The highest BCUT2D eigenvalue weighted by atomic mass is 16.5. The number of unbranched alkanes of at least 4 members (excludes halogenated alkanes) is 1. The fourth-order valence-electron chi connectivity index (χ4n) is 0.909. The zero-order chi connectivity index (χ0) is 7.23. The third kappa shape index (κ3) is 2.27.